The average molecular weight is 399 g/mol. The number of aromatic nitrogens is 8. The Morgan fingerprint density at radius 1 is 1.00 bits per heavy atom. The summed E-state index contributed by atoms with van der Waals surface area (Å²) >= 11 is 8.67. The van der Waals surface area contributed by atoms with Crippen LogP contribution in [0.4, 0.5) is 0 Å². The largest absolute Gasteiger partial charge is 0.350 e. The molecule has 0 fully saturated rings. The molecule has 0 bridgehead atoms. The highest BCUT2D eigenvalue weighted by Gasteiger charge is 2.04. The van der Waals surface area contributed by atoms with Gasteiger partial charge in [0.2, 0.25) is 5.28 Å². The monoisotopic (exact) mass is 398 g/mol. The molecule has 0 aliphatic rings. The first-order valence-electron chi connectivity index (χ1n) is 6.51. The van der Waals surface area contributed by atoms with Crippen molar-refractivity contribution in [2.45, 2.75) is 17.7 Å². The van der Waals surface area contributed by atoms with Crippen LogP contribution in [0, 0.1) is 0 Å². The summed E-state index contributed by atoms with van der Waals surface area (Å²) in [5.74, 6) is 0. The van der Waals surface area contributed by atoms with Crippen molar-refractivity contribution in [1.29, 1.82) is 0 Å². The molecule has 0 saturated carbocycles. The summed E-state index contributed by atoms with van der Waals surface area (Å²) in [4.78, 5) is 26.1. The Bertz CT molecular complexity index is 1040. The summed E-state index contributed by atoms with van der Waals surface area (Å²) in [7, 11) is 0. The van der Waals surface area contributed by atoms with Crippen molar-refractivity contribution in [3.63, 3.8) is 0 Å². The molecule has 4 rings (SSSR count). The van der Waals surface area contributed by atoms with Crippen molar-refractivity contribution in [2.75, 3.05) is 12.5 Å². The first-order chi connectivity index (χ1) is 11.6. The zero-order valence-electron chi connectivity index (χ0n) is 12.5. The number of thioether (sulfide) groups is 2. The highest BCUT2D eigenvalue weighted by Crippen LogP contribution is 2.14. The van der Waals surface area contributed by atoms with Gasteiger partial charge >= 0.3 is 5.69 Å². The van der Waals surface area contributed by atoms with E-state index in [0.717, 1.165) is 5.65 Å². The number of nitrogens with one attached hydrogen (secondary N) is 1. The molecule has 0 aromatic carbocycles. The number of aromatic amines is 1. The van der Waals surface area contributed by atoms with Gasteiger partial charge in [0.25, 0.3) is 0 Å². The maximum Gasteiger partial charge on any atom is 0.350 e. The molecule has 4 aromatic rings. The number of hydrogen-bond acceptors (Lipinski definition) is 8. The van der Waals surface area contributed by atoms with Crippen LogP contribution in [0.5, 0.6) is 0 Å². The van der Waals surface area contributed by atoms with E-state index in [1.165, 1.54) is 32.6 Å². The second-order valence-electron chi connectivity index (χ2n) is 4.23. The van der Waals surface area contributed by atoms with Crippen LogP contribution in [-0.2, 0) is 0 Å². The first kappa shape index (κ1) is 19.2. The van der Waals surface area contributed by atoms with Crippen LogP contribution in [0.15, 0.2) is 39.6 Å². The molecule has 0 radical (unpaired) electrons. The normalized spacial score (nSPS) is 10.4. The lowest BCUT2D eigenvalue weighted by atomic mass is 10.7. The lowest BCUT2D eigenvalue weighted by Crippen LogP contribution is -2.18. The van der Waals surface area contributed by atoms with E-state index in [-0.39, 0.29) is 13.1 Å². The molecule has 0 aliphatic heterocycles. The molecular formula is C13H15ClN8OS2. The van der Waals surface area contributed by atoms with E-state index in [1.54, 1.807) is 24.5 Å². The summed E-state index contributed by atoms with van der Waals surface area (Å²) in [5, 5.41) is 9.35. The van der Waals surface area contributed by atoms with Crippen molar-refractivity contribution in [3.05, 3.63) is 40.3 Å². The number of nitrogens with zero attached hydrogens (tertiary/aromatic N) is 7. The number of fused-ring (bicyclic) bond motifs is 2. The summed E-state index contributed by atoms with van der Waals surface area (Å²) in [5.41, 5.74) is 1.04. The Morgan fingerprint density at radius 3 is 2.28 bits per heavy atom. The molecule has 9 nitrogen and oxygen atoms in total. The van der Waals surface area contributed by atoms with Crippen molar-refractivity contribution in [2.24, 2.45) is 0 Å². The van der Waals surface area contributed by atoms with Crippen molar-refractivity contribution < 1.29 is 0 Å². The van der Waals surface area contributed by atoms with E-state index in [1.807, 2.05) is 12.5 Å². The molecule has 0 saturated heterocycles. The smallest absolute Gasteiger partial charge is 0.285 e. The quantitative estimate of drug-likeness (QED) is 0.512. The molecule has 0 aliphatic carbocycles. The molecule has 12 heteroatoms. The van der Waals surface area contributed by atoms with Gasteiger partial charge in [-0.15, -0.1) is 0 Å². The fraction of sp³-hybridized carbons (Fsp3) is 0.231. The maximum atomic E-state index is 11.2. The van der Waals surface area contributed by atoms with Crippen molar-refractivity contribution in [3.8, 4) is 0 Å². The highest BCUT2D eigenvalue weighted by molar-refractivity contribution is 7.98. The van der Waals surface area contributed by atoms with E-state index in [9.17, 15) is 4.79 Å². The van der Waals surface area contributed by atoms with Crippen LogP contribution in [0.25, 0.3) is 11.3 Å². The van der Waals surface area contributed by atoms with Gasteiger partial charge in [0, 0.05) is 12.1 Å². The van der Waals surface area contributed by atoms with Crippen LogP contribution in [-0.4, -0.2) is 51.7 Å². The van der Waals surface area contributed by atoms with Gasteiger partial charge in [-0.3, -0.25) is 4.98 Å². The second-order valence-corrected chi connectivity index (χ2v) is 6.14. The van der Waals surface area contributed by atoms with Gasteiger partial charge in [-0.05, 0) is 24.1 Å². The average Bonchev–Trinajstić information content (AvgIpc) is 3.24. The fourth-order valence-electron chi connectivity index (χ4n) is 1.77. The van der Waals surface area contributed by atoms with Crippen molar-refractivity contribution >= 4 is 46.4 Å². The van der Waals surface area contributed by atoms with Gasteiger partial charge in [0.15, 0.2) is 21.6 Å². The van der Waals surface area contributed by atoms with Gasteiger partial charge in [-0.2, -0.15) is 24.2 Å². The predicted octanol–water partition coefficient (Wildman–Crippen LogP) is 2.28. The Balaban J connectivity index is 0.000000173. The van der Waals surface area contributed by atoms with Gasteiger partial charge in [-0.1, -0.05) is 31.0 Å². The minimum Gasteiger partial charge on any atom is -0.285 e. The summed E-state index contributed by atoms with van der Waals surface area (Å²) < 4.78 is 2.71. The van der Waals surface area contributed by atoms with E-state index >= 15 is 0 Å². The van der Waals surface area contributed by atoms with Gasteiger partial charge in [0.05, 0.1) is 12.4 Å². The van der Waals surface area contributed by atoms with E-state index in [0.29, 0.717) is 21.2 Å². The molecular weight excluding hydrogens is 384 g/mol. The SMILES string of the molecule is C.CSc1nc(Cl)n2nccc2n1.CSc1nc2ccnn2c(=O)[nH]1. The standard InChI is InChI=1S/C6H5ClN4S.C6H6N4OS.CH4/c1-12-6-9-4-2-3-8-11(4)5(7)10-6;1-12-5-8-4-2-3-7-10(4)6(11)9-5;/h2-3H,1H3;2-3H,1H3,(H,8,9,11);1H4. The second kappa shape index (κ2) is 8.32. The van der Waals surface area contributed by atoms with Gasteiger partial charge in [0.1, 0.15) is 0 Å². The molecule has 25 heavy (non-hydrogen) atoms. The van der Waals surface area contributed by atoms with E-state index in [4.69, 9.17) is 11.6 Å². The Kier molecular flexibility index (Phi) is 6.39. The van der Waals surface area contributed by atoms with E-state index < -0.39 is 0 Å². The zero-order chi connectivity index (χ0) is 17.1. The topological polar surface area (TPSA) is 106 Å². The number of hydrogen-bond donors (Lipinski definition) is 1. The third kappa shape index (κ3) is 4.11. The summed E-state index contributed by atoms with van der Waals surface area (Å²) in [6.07, 6.45) is 6.94. The van der Waals surface area contributed by atoms with Crippen LogP contribution in [0.3, 0.4) is 0 Å². The molecule has 132 valence electrons. The number of rotatable bonds is 2. The summed E-state index contributed by atoms with van der Waals surface area (Å²) in [6.45, 7) is 0. The zero-order valence-corrected chi connectivity index (χ0v) is 14.9. The maximum absolute atomic E-state index is 11.2. The Labute approximate surface area is 156 Å². The van der Waals surface area contributed by atoms with Gasteiger partial charge < -0.3 is 0 Å². The van der Waals surface area contributed by atoms with Crippen LogP contribution < -0.4 is 5.69 Å². The van der Waals surface area contributed by atoms with Crippen LogP contribution >= 0.6 is 35.1 Å². The van der Waals surface area contributed by atoms with Crippen LogP contribution in [0.1, 0.15) is 7.43 Å². The predicted molar refractivity (Wildman–Crippen MR) is 99.7 cm³/mol. The molecule has 0 unspecified atom stereocenters. The minimum absolute atomic E-state index is 0. The fourth-order valence-corrected chi connectivity index (χ4v) is 2.77. The van der Waals surface area contributed by atoms with Crippen molar-refractivity contribution in [1.82, 2.24) is 39.2 Å². The highest BCUT2D eigenvalue weighted by atomic mass is 35.5. The third-order valence-electron chi connectivity index (χ3n) is 2.82. The Morgan fingerprint density at radius 2 is 1.64 bits per heavy atom. The molecule has 4 aromatic heterocycles. The molecule has 0 atom stereocenters. The van der Waals surface area contributed by atoms with Crippen LogP contribution in [0.2, 0.25) is 5.28 Å². The summed E-state index contributed by atoms with van der Waals surface area (Å²) in [6, 6.07) is 3.47. The van der Waals surface area contributed by atoms with E-state index in [2.05, 4.69) is 30.1 Å². The number of halogens is 1. The van der Waals surface area contributed by atoms with Gasteiger partial charge in [-0.25, -0.2) is 14.8 Å². The third-order valence-corrected chi connectivity index (χ3v) is 4.19. The lowest BCUT2D eigenvalue weighted by Gasteiger charge is -1.97. The first-order valence-corrected chi connectivity index (χ1v) is 9.34. The number of H-pyrrole nitrogens is 1. The lowest BCUT2D eigenvalue weighted by molar-refractivity contribution is 0.787. The molecule has 0 spiro atoms. The molecule has 4 heterocycles. The minimum atomic E-state index is -0.255. The Hall–Kier alpha value is -2.11. The molecule has 0 amide bonds. The molecule has 1 N–H and O–H groups in total.